The number of benzene rings is 1. The van der Waals surface area contributed by atoms with Gasteiger partial charge in [0.1, 0.15) is 0 Å². The maximum atomic E-state index is 12.4. The van der Waals surface area contributed by atoms with Gasteiger partial charge in [0.15, 0.2) is 11.0 Å². The number of nitrogens with zero attached hydrogens (tertiary/aromatic N) is 3. The molecule has 0 radical (unpaired) electrons. The third-order valence-corrected chi connectivity index (χ3v) is 6.53. The number of rotatable bonds is 7. The van der Waals surface area contributed by atoms with Gasteiger partial charge >= 0.3 is 0 Å². The summed E-state index contributed by atoms with van der Waals surface area (Å²) in [6.07, 6.45) is 4.68. The Bertz CT molecular complexity index is 867. The van der Waals surface area contributed by atoms with Gasteiger partial charge in [0.05, 0.1) is 12.3 Å². The van der Waals surface area contributed by atoms with Crippen molar-refractivity contribution >= 4 is 23.6 Å². The molecule has 8 heteroatoms. The van der Waals surface area contributed by atoms with Crippen LogP contribution in [0.4, 0.5) is 0 Å². The Morgan fingerprint density at radius 3 is 2.72 bits per heavy atom. The topological polar surface area (TPSA) is 88.9 Å². The van der Waals surface area contributed by atoms with Crippen molar-refractivity contribution < 1.29 is 9.59 Å². The van der Waals surface area contributed by atoms with Crippen molar-refractivity contribution in [2.45, 2.75) is 57.3 Å². The van der Waals surface area contributed by atoms with Gasteiger partial charge in [0.25, 0.3) is 5.91 Å². The molecule has 3 rings (SSSR count). The molecule has 2 aromatic rings. The van der Waals surface area contributed by atoms with E-state index in [-0.39, 0.29) is 24.4 Å². The summed E-state index contributed by atoms with van der Waals surface area (Å²) in [6, 6.07) is 7.74. The van der Waals surface area contributed by atoms with Gasteiger partial charge in [-0.1, -0.05) is 49.7 Å². The van der Waals surface area contributed by atoms with E-state index in [1.165, 1.54) is 31.0 Å². The summed E-state index contributed by atoms with van der Waals surface area (Å²) in [4.78, 5) is 24.7. The van der Waals surface area contributed by atoms with Crippen molar-refractivity contribution in [3.63, 3.8) is 0 Å². The summed E-state index contributed by atoms with van der Waals surface area (Å²) in [6.45, 7) is 4.39. The van der Waals surface area contributed by atoms with Crippen molar-refractivity contribution in [2.75, 3.05) is 5.75 Å². The van der Waals surface area contributed by atoms with Gasteiger partial charge in [-0.2, -0.15) is 0 Å². The number of hydrogen-bond donors (Lipinski definition) is 2. The molecule has 2 N–H and O–H groups in total. The van der Waals surface area contributed by atoms with Crippen molar-refractivity contribution in [2.24, 2.45) is 13.0 Å². The SMILES string of the molecule is Cc1ccccc1C(=O)NCc1nnc(SCC(=O)N[C@@H]2CCCC[C@H]2C)n1C. The summed E-state index contributed by atoms with van der Waals surface area (Å²) in [5.41, 5.74) is 1.58. The Balaban J connectivity index is 1.49. The van der Waals surface area contributed by atoms with Crippen LogP contribution in [-0.4, -0.2) is 38.4 Å². The predicted molar refractivity (Wildman–Crippen MR) is 114 cm³/mol. The van der Waals surface area contributed by atoms with E-state index in [1.54, 1.807) is 6.07 Å². The Kier molecular flexibility index (Phi) is 7.30. The lowest BCUT2D eigenvalue weighted by Gasteiger charge is -2.29. The van der Waals surface area contributed by atoms with Crippen molar-refractivity contribution in [1.29, 1.82) is 0 Å². The molecular weight excluding hydrogens is 386 g/mol. The predicted octanol–water partition coefficient (Wildman–Crippen LogP) is 2.84. The van der Waals surface area contributed by atoms with Crippen molar-refractivity contribution in [3.05, 3.63) is 41.2 Å². The van der Waals surface area contributed by atoms with E-state index in [9.17, 15) is 9.59 Å². The van der Waals surface area contributed by atoms with Crippen LogP contribution >= 0.6 is 11.8 Å². The molecule has 1 aromatic carbocycles. The number of hydrogen-bond acceptors (Lipinski definition) is 5. The molecular formula is C21H29N5O2S. The van der Waals surface area contributed by atoms with Crippen molar-refractivity contribution in [1.82, 2.24) is 25.4 Å². The highest BCUT2D eigenvalue weighted by atomic mass is 32.2. The van der Waals surface area contributed by atoms with Gasteiger partial charge in [-0.15, -0.1) is 10.2 Å². The molecule has 0 unspecified atom stereocenters. The lowest BCUT2D eigenvalue weighted by atomic mass is 9.86. The monoisotopic (exact) mass is 415 g/mol. The third-order valence-electron chi connectivity index (χ3n) is 5.51. The van der Waals surface area contributed by atoms with Crippen LogP contribution in [0.5, 0.6) is 0 Å². The van der Waals surface area contributed by atoms with Crippen LogP contribution < -0.4 is 10.6 Å². The molecule has 1 aliphatic carbocycles. The summed E-state index contributed by atoms with van der Waals surface area (Å²) < 4.78 is 1.82. The molecule has 156 valence electrons. The standard InChI is InChI=1S/C21H29N5O2S/c1-14-8-4-6-10-16(14)20(28)22-12-18-24-25-21(26(18)3)29-13-19(27)23-17-11-7-5-9-15(17)2/h4,6,8,10,15,17H,5,7,9,11-13H2,1-3H3,(H,22,28)(H,23,27)/t15-,17-/m1/s1. The van der Waals surface area contributed by atoms with E-state index in [4.69, 9.17) is 0 Å². The zero-order valence-corrected chi connectivity index (χ0v) is 18.1. The third kappa shape index (κ3) is 5.59. The second-order valence-electron chi connectivity index (χ2n) is 7.68. The van der Waals surface area contributed by atoms with E-state index >= 15 is 0 Å². The molecule has 1 saturated carbocycles. The van der Waals surface area contributed by atoms with E-state index in [0.29, 0.717) is 28.2 Å². The molecule has 1 fully saturated rings. The number of aromatic nitrogens is 3. The minimum atomic E-state index is -0.138. The number of thioether (sulfide) groups is 1. The smallest absolute Gasteiger partial charge is 0.251 e. The van der Waals surface area contributed by atoms with Gasteiger partial charge in [-0.05, 0) is 37.3 Å². The number of nitrogens with one attached hydrogen (secondary N) is 2. The van der Waals surface area contributed by atoms with Gasteiger partial charge in [0.2, 0.25) is 5.91 Å². The number of aryl methyl sites for hydroxylation is 1. The Morgan fingerprint density at radius 2 is 1.97 bits per heavy atom. The minimum absolute atomic E-state index is 0.0335. The van der Waals surface area contributed by atoms with Gasteiger partial charge < -0.3 is 15.2 Å². The summed E-state index contributed by atoms with van der Waals surface area (Å²) in [5.74, 6) is 1.39. The highest BCUT2D eigenvalue weighted by Crippen LogP contribution is 2.24. The summed E-state index contributed by atoms with van der Waals surface area (Å²) in [7, 11) is 1.85. The maximum Gasteiger partial charge on any atom is 0.251 e. The molecule has 7 nitrogen and oxygen atoms in total. The number of amides is 2. The minimum Gasteiger partial charge on any atom is -0.352 e. The Morgan fingerprint density at radius 1 is 1.21 bits per heavy atom. The largest absolute Gasteiger partial charge is 0.352 e. The van der Waals surface area contributed by atoms with Gasteiger partial charge in [0, 0.05) is 18.7 Å². The lowest BCUT2D eigenvalue weighted by Crippen LogP contribution is -2.41. The quantitative estimate of drug-likeness (QED) is 0.679. The summed E-state index contributed by atoms with van der Waals surface area (Å²) >= 11 is 1.36. The Hall–Kier alpha value is -2.35. The molecule has 1 aliphatic rings. The maximum absolute atomic E-state index is 12.4. The van der Waals surface area contributed by atoms with Crippen LogP contribution in [0.2, 0.25) is 0 Å². The zero-order valence-electron chi connectivity index (χ0n) is 17.3. The fraction of sp³-hybridized carbons (Fsp3) is 0.524. The number of carbonyl (C=O) groups excluding carboxylic acids is 2. The van der Waals surface area contributed by atoms with E-state index in [1.807, 2.05) is 36.7 Å². The highest BCUT2D eigenvalue weighted by Gasteiger charge is 2.23. The van der Waals surface area contributed by atoms with E-state index in [2.05, 4.69) is 27.8 Å². The second kappa shape index (κ2) is 9.91. The van der Waals surface area contributed by atoms with Gasteiger partial charge in [-0.25, -0.2) is 0 Å². The van der Waals surface area contributed by atoms with Crippen LogP contribution in [0.15, 0.2) is 29.4 Å². The van der Waals surface area contributed by atoms with E-state index < -0.39 is 0 Å². The molecule has 0 spiro atoms. The first kappa shape index (κ1) is 21.4. The molecule has 1 heterocycles. The molecule has 1 aromatic heterocycles. The first-order chi connectivity index (χ1) is 14.0. The van der Waals surface area contributed by atoms with Gasteiger partial charge in [-0.3, -0.25) is 9.59 Å². The molecule has 0 aliphatic heterocycles. The van der Waals surface area contributed by atoms with Crippen molar-refractivity contribution in [3.8, 4) is 0 Å². The molecule has 0 bridgehead atoms. The molecule has 0 saturated heterocycles. The molecule has 2 atom stereocenters. The van der Waals surface area contributed by atoms with Crippen LogP contribution in [0.3, 0.4) is 0 Å². The van der Waals surface area contributed by atoms with Crippen LogP contribution in [0.25, 0.3) is 0 Å². The molecule has 2 amide bonds. The average Bonchev–Trinajstić information content (AvgIpc) is 3.06. The zero-order chi connectivity index (χ0) is 20.8. The first-order valence-electron chi connectivity index (χ1n) is 10.1. The Labute approximate surface area is 176 Å². The van der Waals surface area contributed by atoms with Crippen LogP contribution in [-0.2, 0) is 18.4 Å². The normalized spacial score (nSPS) is 19.0. The second-order valence-corrected chi connectivity index (χ2v) is 8.62. The fourth-order valence-corrected chi connectivity index (χ4v) is 4.36. The van der Waals surface area contributed by atoms with Crippen LogP contribution in [0.1, 0.15) is 54.4 Å². The molecule has 29 heavy (non-hydrogen) atoms. The first-order valence-corrected chi connectivity index (χ1v) is 11.1. The van der Waals surface area contributed by atoms with E-state index in [0.717, 1.165) is 12.0 Å². The number of carbonyl (C=O) groups is 2. The van der Waals surface area contributed by atoms with Crippen LogP contribution in [0, 0.1) is 12.8 Å². The lowest BCUT2D eigenvalue weighted by molar-refractivity contribution is -0.119. The highest BCUT2D eigenvalue weighted by molar-refractivity contribution is 7.99. The average molecular weight is 416 g/mol. The summed E-state index contributed by atoms with van der Waals surface area (Å²) in [5, 5.41) is 15.0. The fourth-order valence-electron chi connectivity index (χ4n) is 3.62.